The Balaban J connectivity index is 2.27. The third kappa shape index (κ3) is 4.01. The van der Waals surface area contributed by atoms with Crippen LogP contribution < -0.4 is 5.32 Å². The van der Waals surface area contributed by atoms with Crippen LogP contribution in [0.1, 0.15) is 13.3 Å². The highest BCUT2D eigenvalue weighted by molar-refractivity contribution is 5.81. The maximum Gasteiger partial charge on any atom is 0.239 e. The van der Waals surface area contributed by atoms with E-state index in [1.807, 2.05) is 17.9 Å². The topological polar surface area (TPSA) is 41.6 Å². The SMILES string of the molecule is C=CCCNC(C)C(=O)N1CCOCC1. The second kappa shape index (κ2) is 6.58. The van der Waals surface area contributed by atoms with Gasteiger partial charge in [0.1, 0.15) is 0 Å². The van der Waals surface area contributed by atoms with E-state index in [0.29, 0.717) is 26.3 Å². The maximum absolute atomic E-state index is 11.9. The van der Waals surface area contributed by atoms with Crippen LogP contribution in [0.25, 0.3) is 0 Å². The van der Waals surface area contributed by atoms with E-state index in [1.165, 1.54) is 0 Å². The Morgan fingerprint density at radius 2 is 2.27 bits per heavy atom. The summed E-state index contributed by atoms with van der Waals surface area (Å²) in [6, 6.07) is -0.108. The standard InChI is InChI=1S/C11H20N2O2/c1-3-4-5-12-10(2)11(14)13-6-8-15-9-7-13/h3,10,12H,1,4-9H2,2H3. The Kier molecular flexibility index (Phi) is 5.36. The summed E-state index contributed by atoms with van der Waals surface area (Å²) in [7, 11) is 0. The average molecular weight is 212 g/mol. The van der Waals surface area contributed by atoms with Crippen LogP contribution in [-0.2, 0) is 9.53 Å². The molecule has 1 N–H and O–H groups in total. The summed E-state index contributed by atoms with van der Waals surface area (Å²) in [5.74, 6) is 0.169. The highest BCUT2D eigenvalue weighted by atomic mass is 16.5. The molecule has 0 spiro atoms. The number of amides is 1. The van der Waals surface area contributed by atoms with E-state index in [-0.39, 0.29) is 11.9 Å². The van der Waals surface area contributed by atoms with Crippen molar-refractivity contribution in [2.75, 3.05) is 32.8 Å². The van der Waals surface area contributed by atoms with Crippen molar-refractivity contribution in [2.45, 2.75) is 19.4 Å². The van der Waals surface area contributed by atoms with Gasteiger partial charge in [0, 0.05) is 13.1 Å². The number of rotatable bonds is 5. The number of hydrogen-bond donors (Lipinski definition) is 1. The predicted molar refractivity (Wildman–Crippen MR) is 59.7 cm³/mol. The number of nitrogens with zero attached hydrogens (tertiary/aromatic N) is 1. The van der Waals surface area contributed by atoms with E-state index in [9.17, 15) is 4.79 Å². The van der Waals surface area contributed by atoms with Crippen LogP contribution >= 0.6 is 0 Å². The maximum atomic E-state index is 11.9. The van der Waals surface area contributed by atoms with Gasteiger partial charge in [-0.3, -0.25) is 4.79 Å². The Bertz CT molecular complexity index is 213. The van der Waals surface area contributed by atoms with Crippen molar-refractivity contribution >= 4 is 5.91 Å². The van der Waals surface area contributed by atoms with Gasteiger partial charge in [0.2, 0.25) is 5.91 Å². The van der Waals surface area contributed by atoms with Crippen molar-refractivity contribution in [3.63, 3.8) is 0 Å². The van der Waals surface area contributed by atoms with Crippen LogP contribution in [0.15, 0.2) is 12.7 Å². The first-order chi connectivity index (χ1) is 7.25. The molecule has 86 valence electrons. The third-order valence-corrected chi connectivity index (χ3v) is 2.49. The second-order valence-electron chi connectivity index (χ2n) is 3.69. The lowest BCUT2D eigenvalue weighted by Gasteiger charge is -2.29. The Hall–Kier alpha value is -0.870. The number of ether oxygens (including phenoxy) is 1. The van der Waals surface area contributed by atoms with Gasteiger partial charge in [-0.25, -0.2) is 0 Å². The minimum atomic E-state index is -0.108. The van der Waals surface area contributed by atoms with E-state index in [1.54, 1.807) is 0 Å². The quantitative estimate of drug-likeness (QED) is 0.530. The van der Waals surface area contributed by atoms with Crippen molar-refractivity contribution in [1.82, 2.24) is 10.2 Å². The molecule has 0 aromatic heterocycles. The van der Waals surface area contributed by atoms with Crippen molar-refractivity contribution in [1.29, 1.82) is 0 Å². The van der Waals surface area contributed by atoms with E-state index in [2.05, 4.69) is 11.9 Å². The highest BCUT2D eigenvalue weighted by Crippen LogP contribution is 2.00. The monoisotopic (exact) mass is 212 g/mol. The molecular formula is C11H20N2O2. The van der Waals surface area contributed by atoms with Crippen molar-refractivity contribution in [3.8, 4) is 0 Å². The molecule has 0 bridgehead atoms. The molecule has 1 fully saturated rings. The van der Waals surface area contributed by atoms with Gasteiger partial charge in [0.05, 0.1) is 19.3 Å². The molecule has 4 nitrogen and oxygen atoms in total. The average Bonchev–Trinajstić information content (AvgIpc) is 2.29. The molecular weight excluding hydrogens is 192 g/mol. The van der Waals surface area contributed by atoms with Crippen LogP contribution in [-0.4, -0.2) is 49.7 Å². The van der Waals surface area contributed by atoms with Crippen LogP contribution in [0.2, 0.25) is 0 Å². The van der Waals surface area contributed by atoms with Crippen LogP contribution in [0.3, 0.4) is 0 Å². The molecule has 4 heteroatoms. The Morgan fingerprint density at radius 3 is 2.87 bits per heavy atom. The van der Waals surface area contributed by atoms with E-state index in [0.717, 1.165) is 13.0 Å². The summed E-state index contributed by atoms with van der Waals surface area (Å²) in [5.41, 5.74) is 0. The van der Waals surface area contributed by atoms with Gasteiger partial charge >= 0.3 is 0 Å². The first-order valence-corrected chi connectivity index (χ1v) is 5.46. The van der Waals surface area contributed by atoms with Gasteiger partial charge in [-0.05, 0) is 19.9 Å². The predicted octanol–water partition coefficient (Wildman–Crippen LogP) is 0.399. The van der Waals surface area contributed by atoms with Crippen molar-refractivity contribution in [2.24, 2.45) is 0 Å². The molecule has 1 amide bonds. The summed E-state index contributed by atoms with van der Waals surface area (Å²) in [4.78, 5) is 13.7. The minimum Gasteiger partial charge on any atom is -0.378 e. The van der Waals surface area contributed by atoms with E-state index in [4.69, 9.17) is 4.74 Å². The third-order valence-electron chi connectivity index (χ3n) is 2.49. The van der Waals surface area contributed by atoms with Crippen LogP contribution in [0, 0.1) is 0 Å². The lowest BCUT2D eigenvalue weighted by Crippen LogP contribution is -2.49. The first kappa shape index (κ1) is 12.2. The summed E-state index contributed by atoms with van der Waals surface area (Å²) in [5, 5.41) is 3.18. The molecule has 1 aliphatic heterocycles. The van der Waals surface area contributed by atoms with Crippen LogP contribution in [0.5, 0.6) is 0 Å². The first-order valence-electron chi connectivity index (χ1n) is 5.46. The smallest absolute Gasteiger partial charge is 0.239 e. The van der Waals surface area contributed by atoms with Gasteiger partial charge < -0.3 is 15.0 Å². The van der Waals surface area contributed by atoms with E-state index < -0.39 is 0 Å². The lowest BCUT2D eigenvalue weighted by molar-refractivity contribution is -0.137. The fraction of sp³-hybridized carbons (Fsp3) is 0.727. The second-order valence-corrected chi connectivity index (χ2v) is 3.69. The van der Waals surface area contributed by atoms with Gasteiger partial charge in [-0.1, -0.05) is 6.08 Å². The van der Waals surface area contributed by atoms with Gasteiger partial charge in [-0.2, -0.15) is 0 Å². The molecule has 0 aromatic rings. The van der Waals surface area contributed by atoms with Crippen LogP contribution in [0.4, 0.5) is 0 Å². The van der Waals surface area contributed by atoms with Gasteiger partial charge in [0.15, 0.2) is 0 Å². The van der Waals surface area contributed by atoms with Crippen molar-refractivity contribution in [3.05, 3.63) is 12.7 Å². The van der Waals surface area contributed by atoms with Gasteiger partial charge in [0.25, 0.3) is 0 Å². The number of hydrogen-bond acceptors (Lipinski definition) is 3. The number of nitrogens with one attached hydrogen (secondary N) is 1. The molecule has 1 saturated heterocycles. The molecule has 0 saturated carbocycles. The Morgan fingerprint density at radius 1 is 1.60 bits per heavy atom. The minimum absolute atomic E-state index is 0.108. The molecule has 1 rings (SSSR count). The summed E-state index contributed by atoms with van der Waals surface area (Å²) in [6.07, 6.45) is 2.74. The zero-order chi connectivity index (χ0) is 11.1. The molecule has 0 radical (unpaired) electrons. The molecule has 1 unspecified atom stereocenters. The summed E-state index contributed by atoms with van der Waals surface area (Å²) < 4.78 is 5.20. The zero-order valence-electron chi connectivity index (χ0n) is 9.37. The zero-order valence-corrected chi connectivity index (χ0v) is 9.37. The molecule has 1 atom stereocenters. The fourth-order valence-electron chi connectivity index (χ4n) is 1.55. The highest BCUT2D eigenvalue weighted by Gasteiger charge is 2.21. The summed E-state index contributed by atoms with van der Waals surface area (Å²) in [6.45, 7) is 9.10. The number of carbonyl (C=O) groups excluding carboxylic acids is 1. The number of morpholine rings is 1. The number of carbonyl (C=O) groups is 1. The molecule has 1 aliphatic rings. The molecule has 15 heavy (non-hydrogen) atoms. The lowest BCUT2D eigenvalue weighted by atomic mass is 10.2. The largest absolute Gasteiger partial charge is 0.378 e. The molecule has 1 heterocycles. The summed E-state index contributed by atoms with van der Waals surface area (Å²) >= 11 is 0. The molecule has 0 aliphatic carbocycles. The molecule has 0 aromatic carbocycles. The Labute approximate surface area is 91.3 Å². The van der Waals surface area contributed by atoms with E-state index >= 15 is 0 Å². The van der Waals surface area contributed by atoms with Crippen molar-refractivity contribution < 1.29 is 9.53 Å². The van der Waals surface area contributed by atoms with Gasteiger partial charge in [-0.15, -0.1) is 6.58 Å². The fourth-order valence-corrected chi connectivity index (χ4v) is 1.55. The normalized spacial score (nSPS) is 18.6.